The largest absolute Gasteiger partial charge is 0.352 e. The lowest BCUT2D eigenvalue weighted by Gasteiger charge is -2.09. The van der Waals surface area contributed by atoms with Crippen LogP contribution in [-0.2, 0) is 4.79 Å². The van der Waals surface area contributed by atoms with Crippen molar-refractivity contribution in [2.24, 2.45) is 0 Å². The van der Waals surface area contributed by atoms with Crippen LogP contribution in [-0.4, -0.2) is 44.5 Å². The number of nitrogens with zero attached hydrogens (tertiary/aromatic N) is 3. The van der Waals surface area contributed by atoms with Crippen molar-refractivity contribution in [2.75, 3.05) is 17.2 Å². The van der Waals surface area contributed by atoms with Crippen molar-refractivity contribution in [3.05, 3.63) is 66.5 Å². The molecule has 0 saturated carbocycles. The first-order valence-corrected chi connectivity index (χ1v) is 11.2. The summed E-state index contributed by atoms with van der Waals surface area (Å²) in [5.74, 6) is -0.462. The Morgan fingerprint density at radius 1 is 0.800 bits per heavy atom. The second-order valence-corrected chi connectivity index (χ2v) is 7.59. The van der Waals surface area contributed by atoms with Gasteiger partial charge in [0.2, 0.25) is 11.9 Å². The Hall–Kier alpha value is -4.38. The highest BCUT2D eigenvalue weighted by Gasteiger charge is 2.09. The lowest BCUT2D eigenvalue weighted by Crippen LogP contribution is -2.24. The van der Waals surface area contributed by atoms with Gasteiger partial charge in [0.05, 0.1) is 11.4 Å². The summed E-state index contributed by atoms with van der Waals surface area (Å²) >= 11 is 0. The van der Waals surface area contributed by atoms with Gasteiger partial charge in [0.1, 0.15) is 0 Å². The van der Waals surface area contributed by atoms with Gasteiger partial charge in [-0.1, -0.05) is 18.9 Å². The molecule has 0 atom stereocenters. The summed E-state index contributed by atoms with van der Waals surface area (Å²) in [6.07, 6.45) is 6.66. The van der Waals surface area contributed by atoms with Crippen LogP contribution in [0.15, 0.2) is 60.9 Å². The number of rotatable bonds is 11. The average Bonchev–Trinajstić information content (AvgIpc) is 2.88. The van der Waals surface area contributed by atoms with Gasteiger partial charge in [-0.25, -0.2) is 20.2 Å². The molecule has 2 aromatic heterocycles. The number of carbonyl (C=O) groups excluding carboxylic acids is 3. The van der Waals surface area contributed by atoms with Crippen LogP contribution >= 0.6 is 0 Å². The summed E-state index contributed by atoms with van der Waals surface area (Å²) < 4.78 is 0. The monoisotopic (exact) mass is 477 g/mol. The van der Waals surface area contributed by atoms with Gasteiger partial charge < -0.3 is 10.6 Å². The van der Waals surface area contributed by atoms with E-state index in [1.54, 1.807) is 48.1 Å². The minimum absolute atomic E-state index is 0.137. The summed E-state index contributed by atoms with van der Waals surface area (Å²) in [7, 11) is 0. The first kappa shape index (κ1) is 25.2. The highest BCUT2D eigenvalue weighted by atomic mass is 16.5. The number of carbonyl (C=O) groups is 3. The molecule has 0 aliphatic rings. The van der Waals surface area contributed by atoms with Gasteiger partial charge >= 0.3 is 6.03 Å². The van der Waals surface area contributed by atoms with Crippen LogP contribution in [0.4, 0.5) is 16.4 Å². The minimum Gasteiger partial charge on any atom is -0.352 e. The first-order chi connectivity index (χ1) is 17.0. The molecule has 2 heterocycles. The molecule has 1 aromatic carbocycles. The van der Waals surface area contributed by atoms with Crippen LogP contribution in [0.3, 0.4) is 0 Å². The fraction of sp³-hybridized carbons (Fsp3) is 0.250. The van der Waals surface area contributed by atoms with E-state index in [1.807, 2.05) is 12.1 Å². The predicted octanol–water partition coefficient (Wildman–Crippen LogP) is 3.37. The molecule has 4 amide bonds. The van der Waals surface area contributed by atoms with Gasteiger partial charge in [-0.2, -0.15) is 0 Å². The van der Waals surface area contributed by atoms with Crippen molar-refractivity contribution in [1.82, 2.24) is 25.7 Å². The number of unbranched alkanes of at least 4 members (excludes halogenated alkanes) is 3. The number of urea groups is 1. The SMILES string of the molecule is O=C(CCCCCCNC(=O)c1ccc(NC(=O)Nc2nccc(-c3ccccn3)n2)cc1)NO. The topological polar surface area (TPSA) is 158 Å². The maximum Gasteiger partial charge on any atom is 0.326 e. The van der Waals surface area contributed by atoms with E-state index >= 15 is 0 Å². The standard InChI is InChI=1S/C24H27N7O4/c32-21(31-35)8-3-1-2-5-15-26-22(33)17-9-11-18(12-10-17)28-24(34)30-23-27-16-13-20(29-23)19-7-4-6-14-25-19/h4,6-7,9-14,16,35H,1-3,5,8,15H2,(H,26,33)(H,31,32)(H2,27,28,29,30,34). The number of aromatic nitrogens is 3. The third-order valence-corrected chi connectivity index (χ3v) is 4.95. The van der Waals surface area contributed by atoms with Crippen molar-refractivity contribution in [3.8, 4) is 11.4 Å². The lowest BCUT2D eigenvalue weighted by atomic mass is 10.1. The molecule has 0 spiro atoms. The van der Waals surface area contributed by atoms with E-state index in [-0.39, 0.29) is 18.3 Å². The third-order valence-electron chi connectivity index (χ3n) is 4.95. The molecule has 0 aliphatic heterocycles. The van der Waals surface area contributed by atoms with Crippen LogP contribution in [0.5, 0.6) is 0 Å². The van der Waals surface area contributed by atoms with Gasteiger partial charge in [-0.3, -0.25) is 25.1 Å². The fourth-order valence-electron chi connectivity index (χ4n) is 3.17. The Labute approximate surface area is 202 Å². The Morgan fingerprint density at radius 2 is 1.60 bits per heavy atom. The van der Waals surface area contributed by atoms with E-state index < -0.39 is 11.9 Å². The summed E-state index contributed by atoms with van der Waals surface area (Å²) in [5.41, 5.74) is 3.83. The van der Waals surface area contributed by atoms with Gasteiger partial charge in [-0.15, -0.1) is 0 Å². The van der Waals surface area contributed by atoms with Crippen molar-refractivity contribution in [3.63, 3.8) is 0 Å². The smallest absolute Gasteiger partial charge is 0.326 e. The molecule has 35 heavy (non-hydrogen) atoms. The first-order valence-electron chi connectivity index (χ1n) is 11.2. The molecule has 5 N–H and O–H groups in total. The lowest BCUT2D eigenvalue weighted by molar-refractivity contribution is -0.129. The molecule has 11 heteroatoms. The highest BCUT2D eigenvalue weighted by molar-refractivity contribution is 5.99. The number of amides is 4. The third kappa shape index (κ3) is 8.48. The minimum atomic E-state index is -0.517. The number of hydrogen-bond donors (Lipinski definition) is 5. The summed E-state index contributed by atoms with van der Waals surface area (Å²) in [6, 6.07) is 13.2. The maximum absolute atomic E-state index is 12.3. The number of hydrogen-bond acceptors (Lipinski definition) is 7. The highest BCUT2D eigenvalue weighted by Crippen LogP contribution is 2.15. The molecule has 0 fully saturated rings. The Kier molecular flexibility index (Phi) is 9.63. The van der Waals surface area contributed by atoms with Crippen LogP contribution < -0.4 is 21.4 Å². The number of benzene rings is 1. The summed E-state index contributed by atoms with van der Waals surface area (Å²) in [4.78, 5) is 48.1. The molecule has 3 aromatic rings. The Balaban J connectivity index is 1.41. The number of hydroxylamine groups is 1. The van der Waals surface area contributed by atoms with Gasteiger partial charge in [0, 0.05) is 36.6 Å². The summed E-state index contributed by atoms with van der Waals surface area (Å²) in [5, 5.41) is 16.5. The predicted molar refractivity (Wildman–Crippen MR) is 130 cm³/mol. The molecule has 0 bridgehead atoms. The zero-order valence-electron chi connectivity index (χ0n) is 19.0. The van der Waals surface area contributed by atoms with Crippen molar-refractivity contribution < 1.29 is 19.6 Å². The molecule has 182 valence electrons. The number of pyridine rings is 1. The molecule has 11 nitrogen and oxygen atoms in total. The Morgan fingerprint density at radius 3 is 2.34 bits per heavy atom. The number of anilines is 2. The zero-order valence-corrected chi connectivity index (χ0v) is 19.0. The molecule has 0 unspecified atom stereocenters. The maximum atomic E-state index is 12.3. The zero-order chi connectivity index (χ0) is 24.9. The normalized spacial score (nSPS) is 10.3. The van der Waals surface area contributed by atoms with Gasteiger partial charge in [0.15, 0.2) is 0 Å². The average molecular weight is 478 g/mol. The van der Waals surface area contributed by atoms with Crippen LogP contribution in [0.25, 0.3) is 11.4 Å². The molecular formula is C24H27N7O4. The van der Waals surface area contributed by atoms with Crippen molar-refractivity contribution >= 4 is 29.5 Å². The van der Waals surface area contributed by atoms with E-state index in [0.717, 1.165) is 19.3 Å². The molecule has 0 aliphatic carbocycles. The molecule has 3 rings (SSSR count). The van der Waals surface area contributed by atoms with E-state index in [1.165, 1.54) is 6.20 Å². The second-order valence-electron chi connectivity index (χ2n) is 7.59. The summed E-state index contributed by atoms with van der Waals surface area (Å²) in [6.45, 7) is 0.519. The second kappa shape index (κ2) is 13.4. The van der Waals surface area contributed by atoms with E-state index in [2.05, 4.69) is 30.9 Å². The Bertz CT molecular complexity index is 1120. The van der Waals surface area contributed by atoms with Gasteiger partial charge in [0.25, 0.3) is 5.91 Å². The van der Waals surface area contributed by atoms with Crippen LogP contribution in [0, 0.1) is 0 Å². The van der Waals surface area contributed by atoms with Crippen LogP contribution in [0.2, 0.25) is 0 Å². The van der Waals surface area contributed by atoms with Gasteiger partial charge in [-0.05, 0) is 55.3 Å². The number of nitrogens with one attached hydrogen (secondary N) is 4. The fourth-order valence-corrected chi connectivity index (χ4v) is 3.17. The quantitative estimate of drug-likeness (QED) is 0.161. The molecular weight excluding hydrogens is 450 g/mol. The van der Waals surface area contributed by atoms with E-state index in [0.29, 0.717) is 35.6 Å². The molecule has 0 saturated heterocycles. The van der Waals surface area contributed by atoms with Crippen molar-refractivity contribution in [1.29, 1.82) is 0 Å². The molecule has 0 radical (unpaired) electrons. The van der Waals surface area contributed by atoms with Crippen LogP contribution in [0.1, 0.15) is 42.5 Å². The van der Waals surface area contributed by atoms with Crippen molar-refractivity contribution in [2.45, 2.75) is 32.1 Å². The van der Waals surface area contributed by atoms with E-state index in [4.69, 9.17) is 5.21 Å². The van der Waals surface area contributed by atoms with E-state index in [9.17, 15) is 14.4 Å².